The van der Waals surface area contributed by atoms with E-state index in [1.807, 2.05) is 24.3 Å². The molecule has 146 valence electrons. The van der Waals surface area contributed by atoms with E-state index in [9.17, 15) is 14.4 Å². The summed E-state index contributed by atoms with van der Waals surface area (Å²) in [7, 11) is 0. The topological polar surface area (TPSA) is 95.9 Å². The maximum absolute atomic E-state index is 12.7. The smallest absolute Gasteiger partial charge is 0.327 e. The number of fused-ring (bicyclic) bond motifs is 1. The number of hydrogen-bond acceptors (Lipinski definition) is 6. The van der Waals surface area contributed by atoms with Crippen molar-refractivity contribution in [2.45, 2.75) is 19.4 Å². The van der Waals surface area contributed by atoms with Crippen LogP contribution in [0.15, 0.2) is 30.5 Å². The summed E-state index contributed by atoms with van der Waals surface area (Å²) in [6.45, 7) is 3.64. The summed E-state index contributed by atoms with van der Waals surface area (Å²) in [6.07, 6.45) is 1.96. The molecule has 2 saturated heterocycles. The number of likely N-dealkylation sites (tertiary alicyclic amines) is 1. The quantitative estimate of drug-likeness (QED) is 0.731. The van der Waals surface area contributed by atoms with Gasteiger partial charge in [-0.1, -0.05) is 12.1 Å². The molecule has 9 heteroatoms. The van der Waals surface area contributed by atoms with E-state index in [-0.39, 0.29) is 12.6 Å². The van der Waals surface area contributed by atoms with Gasteiger partial charge in [0.2, 0.25) is 5.88 Å². The lowest BCUT2D eigenvalue weighted by molar-refractivity contribution is -0.153. The molecule has 0 radical (unpaired) electrons. The van der Waals surface area contributed by atoms with E-state index in [0.717, 1.165) is 15.9 Å². The lowest BCUT2D eigenvalue weighted by atomic mass is 10.3. The second-order valence-corrected chi connectivity index (χ2v) is 6.80. The molecular weight excluding hydrogens is 362 g/mol. The second-order valence-electron chi connectivity index (χ2n) is 6.80. The number of hydrogen-bond donors (Lipinski definition) is 0. The van der Waals surface area contributed by atoms with E-state index in [1.165, 1.54) is 4.90 Å². The van der Waals surface area contributed by atoms with Crippen molar-refractivity contribution in [3.05, 3.63) is 30.5 Å². The number of carbonyl (C=O) groups excluding carboxylic acids is 3. The van der Waals surface area contributed by atoms with Gasteiger partial charge in [-0.05, 0) is 19.1 Å². The van der Waals surface area contributed by atoms with E-state index in [1.54, 1.807) is 18.0 Å². The number of amides is 4. The van der Waals surface area contributed by atoms with Crippen LogP contribution >= 0.6 is 0 Å². The Morgan fingerprint density at radius 1 is 1.14 bits per heavy atom. The summed E-state index contributed by atoms with van der Waals surface area (Å²) in [5, 5.41) is 0. The van der Waals surface area contributed by atoms with Crippen molar-refractivity contribution in [2.75, 3.05) is 32.7 Å². The number of rotatable bonds is 3. The van der Waals surface area contributed by atoms with E-state index >= 15 is 0 Å². The molecule has 1 atom stereocenters. The van der Waals surface area contributed by atoms with E-state index in [4.69, 9.17) is 4.74 Å². The number of carbonyl (C=O) groups is 3. The number of nitrogens with zero attached hydrogens (tertiary/aromatic N) is 5. The highest BCUT2D eigenvalue weighted by Gasteiger charge is 2.39. The Kier molecular flexibility index (Phi) is 4.81. The van der Waals surface area contributed by atoms with Gasteiger partial charge in [0.15, 0.2) is 0 Å². The molecule has 28 heavy (non-hydrogen) atoms. The Hall–Kier alpha value is -3.23. The Morgan fingerprint density at radius 3 is 2.71 bits per heavy atom. The summed E-state index contributed by atoms with van der Waals surface area (Å²) >= 11 is 0. The van der Waals surface area contributed by atoms with Crippen LogP contribution in [0.3, 0.4) is 0 Å². The highest BCUT2D eigenvalue weighted by atomic mass is 16.5. The molecule has 4 rings (SSSR count). The van der Waals surface area contributed by atoms with Crippen molar-refractivity contribution in [1.29, 1.82) is 0 Å². The average Bonchev–Trinajstić information content (AvgIpc) is 3.18. The van der Waals surface area contributed by atoms with Crippen LogP contribution in [0.5, 0.6) is 5.88 Å². The molecule has 0 N–H and O–H groups in total. The lowest BCUT2D eigenvalue weighted by Gasteiger charge is -2.33. The lowest BCUT2D eigenvalue weighted by Crippen LogP contribution is -2.58. The first-order valence-corrected chi connectivity index (χ1v) is 9.35. The van der Waals surface area contributed by atoms with Gasteiger partial charge in [0.1, 0.15) is 6.10 Å². The van der Waals surface area contributed by atoms with Crippen LogP contribution in [0.4, 0.5) is 4.79 Å². The van der Waals surface area contributed by atoms with Crippen molar-refractivity contribution in [1.82, 2.24) is 24.7 Å². The van der Waals surface area contributed by atoms with Gasteiger partial charge in [-0.2, -0.15) is 0 Å². The standard InChI is InChI=1S/C19H21N5O4/c1-2-22-9-10-24(18(26)17(22)25)19(27)23-8-7-13(12-23)28-16-11-20-14-5-3-4-6-15(14)21-16/h3-6,11,13H,2,7-10,12H2,1H3. The number of imide groups is 1. The first-order chi connectivity index (χ1) is 13.6. The average molecular weight is 383 g/mol. The largest absolute Gasteiger partial charge is 0.471 e. The van der Waals surface area contributed by atoms with Crippen LogP contribution in [0, 0.1) is 0 Å². The third-order valence-corrected chi connectivity index (χ3v) is 5.05. The number of benzene rings is 1. The molecular formula is C19H21N5O4. The Morgan fingerprint density at radius 2 is 1.93 bits per heavy atom. The van der Waals surface area contributed by atoms with Crippen LogP contribution in [-0.4, -0.2) is 81.3 Å². The zero-order valence-electron chi connectivity index (χ0n) is 15.6. The molecule has 0 bridgehead atoms. The number of likely N-dealkylation sites (N-methyl/N-ethyl adjacent to an activating group) is 1. The number of para-hydroxylation sites is 2. The molecule has 3 heterocycles. The Labute approximate surface area is 161 Å². The fourth-order valence-corrected chi connectivity index (χ4v) is 3.50. The molecule has 0 spiro atoms. The van der Waals surface area contributed by atoms with E-state index in [0.29, 0.717) is 38.5 Å². The van der Waals surface area contributed by atoms with Gasteiger partial charge >= 0.3 is 17.8 Å². The van der Waals surface area contributed by atoms with Crippen LogP contribution in [0.1, 0.15) is 13.3 Å². The van der Waals surface area contributed by atoms with Gasteiger partial charge in [0, 0.05) is 32.6 Å². The molecule has 1 aromatic heterocycles. The maximum atomic E-state index is 12.7. The van der Waals surface area contributed by atoms with Crippen LogP contribution in [0.25, 0.3) is 11.0 Å². The third-order valence-electron chi connectivity index (χ3n) is 5.05. The molecule has 4 amide bonds. The zero-order valence-corrected chi connectivity index (χ0v) is 15.6. The fraction of sp³-hybridized carbons (Fsp3) is 0.421. The molecule has 1 unspecified atom stereocenters. The van der Waals surface area contributed by atoms with E-state index in [2.05, 4.69) is 9.97 Å². The van der Waals surface area contributed by atoms with Crippen LogP contribution in [-0.2, 0) is 9.59 Å². The summed E-state index contributed by atoms with van der Waals surface area (Å²) in [6, 6.07) is 7.07. The first kappa shape index (κ1) is 18.1. The van der Waals surface area contributed by atoms with Gasteiger partial charge in [0.25, 0.3) is 0 Å². The van der Waals surface area contributed by atoms with Gasteiger partial charge in [-0.3, -0.25) is 14.5 Å². The molecule has 0 saturated carbocycles. The Bertz CT molecular complexity index is 933. The minimum Gasteiger partial charge on any atom is -0.471 e. The molecule has 2 aromatic rings. The second kappa shape index (κ2) is 7.41. The third kappa shape index (κ3) is 3.35. The van der Waals surface area contributed by atoms with Gasteiger partial charge in [-0.25, -0.2) is 14.8 Å². The number of piperazine rings is 1. The molecule has 9 nitrogen and oxygen atoms in total. The minimum atomic E-state index is -0.761. The van der Waals surface area contributed by atoms with Gasteiger partial charge < -0.3 is 14.5 Å². The zero-order chi connectivity index (χ0) is 19.7. The molecule has 2 aliphatic heterocycles. The SMILES string of the molecule is CCN1CCN(C(=O)N2CCC(Oc3cnc4ccccc4n3)C2)C(=O)C1=O. The summed E-state index contributed by atoms with van der Waals surface area (Å²) in [4.78, 5) is 49.7. The maximum Gasteiger partial charge on any atom is 0.327 e. The van der Waals surface area contributed by atoms with Crippen molar-refractivity contribution >= 4 is 28.9 Å². The van der Waals surface area contributed by atoms with Crippen molar-refractivity contribution < 1.29 is 19.1 Å². The predicted octanol–water partition coefficient (Wildman–Crippen LogP) is 0.894. The van der Waals surface area contributed by atoms with Gasteiger partial charge in [-0.15, -0.1) is 0 Å². The minimum absolute atomic E-state index is 0.218. The first-order valence-electron chi connectivity index (χ1n) is 9.35. The highest BCUT2D eigenvalue weighted by Crippen LogP contribution is 2.20. The summed E-state index contributed by atoms with van der Waals surface area (Å²) < 4.78 is 5.89. The fourth-order valence-electron chi connectivity index (χ4n) is 3.50. The summed E-state index contributed by atoms with van der Waals surface area (Å²) in [5.74, 6) is -0.982. The number of aromatic nitrogens is 2. The molecule has 0 aliphatic carbocycles. The van der Waals surface area contributed by atoms with Crippen molar-refractivity contribution in [3.63, 3.8) is 0 Å². The van der Waals surface area contributed by atoms with Crippen LogP contribution in [0.2, 0.25) is 0 Å². The van der Waals surface area contributed by atoms with E-state index < -0.39 is 17.8 Å². The molecule has 2 fully saturated rings. The summed E-state index contributed by atoms with van der Waals surface area (Å²) in [5.41, 5.74) is 1.52. The van der Waals surface area contributed by atoms with Crippen LogP contribution < -0.4 is 4.74 Å². The highest BCUT2D eigenvalue weighted by molar-refractivity contribution is 6.38. The molecule has 1 aromatic carbocycles. The Balaban J connectivity index is 1.38. The predicted molar refractivity (Wildman–Crippen MR) is 99.5 cm³/mol. The number of ether oxygens (including phenoxy) is 1. The monoisotopic (exact) mass is 383 g/mol. The molecule has 2 aliphatic rings. The van der Waals surface area contributed by atoms with Gasteiger partial charge in [0.05, 0.1) is 23.8 Å². The van der Waals surface area contributed by atoms with Crippen molar-refractivity contribution in [3.8, 4) is 5.88 Å². The normalized spacial score (nSPS) is 20.2. The van der Waals surface area contributed by atoms with Crippen molar-refractivity contribution in [2.24, 2.45) is 0 Å². The number of urea groups is 1.